The first-order chi connectivity index (χ1) is 56.9. The maximum Gasteiger partial charge on any atom is 0.328 e. The Morgan fingerprint density at radius 2 is 0.471 bits per heavy atom. The summed E-state index contributed by atoms with van der Waals surface area (Å²) in [7, 11) is 0. The Bertz CT molecular complexity index is 6430. The Hall–Kier alpha value is -5.38. The molecule has 595 valence electrons. The molecule has 0 fully saturated rings. The molecular formula is C90H48Br16CuN8O4. The Morgan fingerprint density at radius 1 is 0.277 bits per heavy atom. The summed E-state index contributed by atoms with van der Waals surface area (Å²) >= 11 is 63.0. The van der Waals surface area contributed by atoms with Gasteiger partial charge in [0.1, 0.15) is 0 Å². The normalized spacial score (nSPS) is 24.6. The summed E-state index contributed by atoms with van der Waals surface area (Å²) < 4.78 is 6.04. The molecule has 0 saturated carbocycles. The molecule has 119 heavy (non-hydrogen) atoms. The molecule has 10 heterocycles. The van der Waals surface area contributed by atoms with E-state index in [1.165, 1.54) is 0 Å². The van der Waals surface area contributed by atoms with Crippen LogP contribution in [0.15, 0.2) is 360 Å². The minimum absolute atomic E-state index is 0. The van der Waals surface area contributed by atoms with Gasteiger partial charge in [0.15, 0.2) is 8.65 Å². The number of nitrogens with one attached hydrogen (secondary N) is 4. The van der Waals surface area contributed by atoms with E-state index >= 15 is 0 Å². The van der Waals surface area contributed by atoms with E-state index in [0.29, 0.717) is 115 Å². The quantitative estimate of drug-likeness (QED) is 0.0586. The Labute approximate surface area is 826 Å². The van der Waals surface area contributed by atoms with Crippen LogP contribution in [0.4, 0.5) is 0 Å². The maximum absolute atomic E-state index is 13.9. The van der Waals surface area contributed by atoms with Crippen molar-refractivity contribution >= 4 is 334 Å². The summed E-state index contributed by atoms with van der Waals surface area (Å²) in [6.07, 6.45) is 0. The van der Waals surface area contributed by atoms with Crippen LogP contribution in [0, 0.1) is 0 Å². The standard InChI is InChI=1S/2C45H24Br8N4O2.Cu/c2*46-29-30(47)36-26(22-15-7-2-8-16-22)38-33(50)34(51)40(56-38)28(24-19-11-4-12-20-24)43-45(53,44(58)59)42(52)41(57-43)27(23-17-9-3-10-18-23)39-32(49)31(48)37(55-39)25(35(29)54-36)21-13-5-1-6-14-21;/h2*1-20,43,54,57H,(H,58,59);/b2*35-25-,36-26-,39-27-,40-28-;. The van der Waals surface area contributed by atoms with Crippen molar-refractivity contribution in [2.45, 2.75) is 20.7 Å². The first-order valence-corrected chi connectivity index (χ1v) is 48.4. The summed E-state index contributed by atoms with van der Waals surface area (Å²) in [5, 5.41) is 33.3. The molecule has 0 spiro atoms. The average molecular weight is 2650 g/mol. The largest absolute Gasteiger partial charge is 0.480 e. The van der Waals surface area contributed by atoms with E-state index in [0.717, 1.165) is 115 Å². The van der Waals surface area contributed by atoms with Crippen molar-refractivity contribution in [3.05, 3.63) is 405 Å². The van der Waals surface area contributed by atoms with Crippen molar-refractivity contribution in [2.24, 2.45) is 20.0 Å². The SMILES string of the molecule is O=C(O)C1(Br)C(Br)=C2NC1/C(c1ccccc1)=C1N=C(C(Br)=C\1Br)/C(c1ccccc1)=c1\[nH]/c(c(Br)c1Br)=C(/c1ccccc1)C1=N/C(=C\2c2ccccc2)C(Br)=C1Br.O=C(O)C1(Br)C(Br)=C2NC1/C(c1ccccc1)=C1N=C(C(Br)=C\1Br)/C(c1ccccc1)=c1\[nH]/c(c(Br)c1Br)=C(/c1ccccc1)C1=N/C(=C\2c2ccccc2)C(Br)=C1Br.[Cu]. The van der Waals surface area contributed by atoms with Gasteiger partial charge in [-0.2, -0.15) is 0 Å². The van der Waals surface area contributed by atoms with E-state index in [4.69, 9.17) is 20.0 Å². The third-order valence-corrected chi connectivity index (χ3v) is 38.8. The number of allylic oxidation sites excluding steroid dienone is 10. The molecule has 1 radical (unpaired) electrons. The number of hydrogen-bond donors (Lipinski definition) is 6. The van der Waals surface area contributed by atoms with Gasteiger partial charge in [-0.1, -0.05) is 306 Å². The predicted octanol–water partition coefficient (Wildman–Crippen LogP) is 25.0. The molecule has 4 unspecified atom stereocenters. The Morgan fingerprint density at radius 3 is 0.689 bits per heavy atom. The number of H-pyrrole nitrogens is 2. The van der Waals surface area contributed by atoms with Gasteiger partial charge in [-0.15, -0.1) is 0 Å². The van der Waals surface area contributed by atoms with Crippen LogP contribution in [-0.2, 0) is 26.7 Å². The number of hydrogen-bond acceptors (Lipinski definition) is 8. The predicted molar refractivity (Wildman–Crippen MR) is 534 cm³/mol. The van der Waals surface area contributed by atoms with Crippen molar-refractivity contribution in [3.8, 4) is 0 Å². The maximum atomic E-state index is 13.9. The monoisotopic (exact) mass is 2630 g/mol. The van der Waals surface area contributed by atoms with Crippen LogP contribution in [0.25, 0.3) is 44.6 Å². The van der Waals surface area contributed by atoms with Gasteiger partial charge in [0, 0.05) is 70.6 Å². The first kappa shape index (κ1) is 87.1. The van der Waals surface area contributed by atoms with Crippen LogP contribution in [0.5, 0.6) is 0 Å². The van der Waals surface area contributed by atoms with Crippen LogP contribution in [0.3, 0.4) is 0 Å². The number of alkyl halides is 2. The van der Waals surface area contributed by atoms with Crippen molar-refractivity contribution < 1.29 is 36.9 Å². The third-order valence-electron chi connectivity index (χ3n) is 20.7. The number of halogens is 16. The van der Waals surface area contributed by atoms with E-state index in [-0.39, 0.29) is 17.1 Å². The van der Waals surface area contributed by atoms with Gasteiger partial charge >= 0.3 is 11.9 Å². The van der Waals surface area contributed by atoms with Crippen molar-refractivity contribution in [2.75, 3.05) is 0 Å². The number of aromatic amines is 2. The fraction of sp³-hybridized carbons (Fsp3) is 0.0444. The molecular weight excluding hydrogens is 2600 g/mol. The Balaban J connectivity index is 0.000000176. The van der Waals surface area contributed by atoms with E-state index in [2.05, 4.69) is 300 Å². The molecule has 0 amide bonds. The first-order valence-electron chi connectivity index (χ1n) is 35.7. The van der Waals surface area contributed by atoms with E-state index in [1.54, 1.807) is 0 Å². The summed E-state index contributed by atoms with van der Waals surface area (Å²) in [4.78, 5) is 57.3. The van der Waals surface area contributed by atoms with Crippen LogP contribution in [0.2, 0.25) is 0 Å². The van der Waals surface area contributed by atoms with Crippen molar-refractivity contribution in [1.29, 1.82) is 0 Å². The van der Waals surface area contributed by atoms with Crippen LogP contribution in [0.1, 0.15) is 44.5 Å². The molecule has 0 aliphatic carbocycles. The summed E-state index contributed by atoms with van der Waals surface area (Å²) in [6, 6.07) is 77.7. The molecule has 8 aliphatic rings. The van der Waals surface area contributed by atoms with Gasteiger partial charge in [-0.25, -0.2) is 20.0 Å². The number of aliphatic imine (C=N–C) groups is 4. The molecule has 10 aromatic rings. The van der Waals surface area contributed by atoms with Gasteiger partial charge in [0.2, 0.25) is 0 Å². The fourth-order valence-electron chi connectivity index (χ4n) is 15.3. The van der Waals surface area contributed by atoms with Gasteiger partial charge in [0.05, 0.1) is 144 Å². The number of aromatic nitrogens is 2. The Kier molecular flexibility index (Phi) is 26.0. The van der Waals surface area contributed by atoms with Gasteiger partial charge in [0.25, 0.3) is 0 Å². The molecule has 8 aromatic carbocycles. The van der Waals surface area contributed by atoms with Crippen LogP contribution < -0.4 is 32.0 Å². The van der Waals surface area contributed by atoms with Crippen molar-refractivity contribution in [1.82, 2.24) is 20.6 Å². The van der Waals surface area contributed by atoms with E-state index in [9.17, 15) is 19.8 Å². The molecule has 0 saturated heterocycles. The third kappa shape index (κ3) is 15.0. The van der Waals surface area contributed by atoms with Gasteiger partial charge in [-0.05, 0) is 236 Å². The van der Waals surface area contributed by atoms with Crippen molar-refractivity contribution in [3.63, 3.8) is 0 Å². The van der Waals surface area contributed by atoms with Crippen LogP contribution >= 0.6 is 255 Å². The topological polar surface area (TPSA) is 180 Å². The molecule has 6 N–H and O–H groups in total. The number of carboxylic acids is 2. The van der Waals surface area contributed by atoms with E-state index in [1.807, 2.05) is 218 Å². The number of carboxylic acid groups (broad SMARTS) is 2. The summed E-state index contributed by atoms with van der Waals surface area (Å²) in [6.45, 7) is 0. The summed E-state index contributed by atoms with van der Waals surface area (Å²) in [5.41, 5.74) is 18.7. The molecule has 2 aromatic heterocycles. The van der Waals surface area contributed by atoms with Gasteiger partial charge < -0.3 is 30.8 Å². The van der Waals surface area contributed by atoms with Gasteiger partial charge in [-0.3, -0.25) is 9.59 Å². The second-order valence-electron chi connectivity index (χ2n) is 27.3. The zero-order valence-electron chi connectivity index (χ0n) is 60.1. The number of carbonyl (C=O) groups is 2. The minimum Gasteiger partial charge on any atom is -0.480 e. The summed E-state index contributed by atoms with van der Waals surface area (Å²) in [5.74, 6) is -2.20. The number of aliphatic carboxylic acids is 2. The molecule has 16 bridgehead atoms. The molecule has 18 rings (SSSR count). The average Bonchev–Trinajstić information content (AvgIpc) is 1.56. The number of rotatable bonds is 10. The van der Waals surface area contributed by atoms with E-state index < -0.39 is 32.7 Å². The fourth-order valence-corrected chi connectivity index (χ4v) is 23.6. The second kappa shape index (κ2) is 35.6. The second-order valence-corrected chi connectivity index (χ2v) is 40.9. The number of benzene rings is 8. The zero-order valence-corrected chi connectivity index (χ0v) is 86.4. The van der Waals surface area contributed by atoms with Crippen LogP contribution in [-0.4, -0.2) is 75.7 Å². The molecule has 12 nitrogen and oxygen atoms in total. The zero-order chi connectivity index (χ0) is 82.7. The number of nitrogens with zero attached hydrogens (tertiary/aromatic N) is 4. The number of fused-ring (bicyclic) bond motifs is 12. The minimum atomic E-state index is -1.71. The molecule has 8 aliphatic heterocycles. The molecule has 29 heteroatoms. The smallest absolute Gasteiger partial charge is 0.328 e. The molecule has 4 atom stereocenters.